The fraction of sp³-hybridized carbons (Fsp3) is 0.125. The highest BCUT2D eigenvalue weighted by Crippen LogP contribution is 2.22. The number of hydrogen-bond acceptors (Lipinski definition) is 4. The Labute approximate surface area is 138 Å². The molecule has 118 valence electrons. The maximum atomic E-state index is 11.4. The summed E-state index contributed by atoms with van der Waals surface area (Å²) >= 11 is 5.19. The number of thiocarbonyl (C=S) groups is 1. The zero-order chi connectivity index (χ0) is 17.0. The molecule has 2 rings (SSSR count). The van der Waals surface area contributed by atoms with Crippen molar-refractivity contribution >= 4 is 40.2 Å². The highest BCUT2D eigenvalue weighted by atomic mass is 32.1. The summed E-state index contributed by atoms with van der Waals surface area (Å²) in [5, 5.41) is 17.1. The van der Waals surface area contributed by atoms with E-state index in [9.17, 15) is 14.9 Å². The maximum absolute atomic E-state index is 11.4. The van der Waals surface area contributed by atoms with Crippen molar-refractivity contribution in [2.75, 3.05) is 10.6 Å². The van der Waals surface area contributed by atoms with Crippen molar-refractivity contribution in [2.45, 2.75) is 13.8 Å². The Balaban J connectivity index is 2.11. The predicted molar refractivity (Wildman–Crippen MR) is 94.1 cm³/mol. The lowest BCUT2D eigenvalue weighted by Gasteiger charge is -2.11. The molecule has 0 aliphatic carbocycles. The number of carbonyl (C=O) groups excluding carboxylic acids is 1. The molecule has 0 radical (unpaired) electrons. The van der Waals surface area contributed by atoms with E-state index in [-0.39, 0.29) is 16.6 Å². The van der Waals surface area contributed by atoms with Gasteiger partial charge in [-0.15, -0.1) is 0 Å². The van der Waals surface area contributed by atoms with Gasteiger partial charge in [-0.2, -0.15) is 0 Å². The van der Waals surface area contributed by atoms with E-state index in [1.807, 2.05) is 0 Å². The van der Waals surface area contributed by atoms with E-state index in [1.165, 1.54) is 13.0 Å². The highest BCUT2D eigenvalue weighted by Gasteiger charge is 2.11. The summed E-state index contributed by atoms with van der Waals surface area (Å²) < 4.78 is 0. The van der Waals surface area contributed by atoms with Crippen LogP contribution < -0.4 is 10.6 Å². The van der Waals surface area contributed by atoms with Crippen LogP contribution in [0.2, 0.25) is 0 Å². The molecule has 0 aliphatic heterocycles. The van der Waals surface area contributed by atoms with Gasteiger partial charge < -0.3 is 10.6 Å². The van der Waals surface area contributed by atoms with E-state index in [1.54, 1.807) is 43.3 Å². The molecule has 0 unspecified atom stereocenters. The van der Waals surface area contributed by atoms with E-state index in [0.717, 1.165) is 0 Å². The fourth-order valence-electron chi connectivity index (χ4n) is 1.99. The number of benzene rings is 2. The maximum Gasteiger partial charge on any atom is 0.274 e. The molecule has 0 heterocycles. The number of rotatable bonds is 4. The molecule has 0 spiro atoms. The Morgan fingerprint density at radius 2 is 1.78 bits per heavy atom. The normalized spacial score (nSPS) is 10.0. The number of nitro groups is 1. The molecular formula is C16H15N3O3S. The quantitative estimate of drug-likeness (QED) is 0.383. The van der Waals surface area contributed by atoms with Gasteiger partial charge in [0.2, 0.25) is 0 Å². The van der Waals surface area contributed by atoms with Crippen molar-refractivity contribution in [3.63, 3.8) is 0 Å². The second-order valence-corrected chi connectivity index (χ2v) is 5.38. The van der Waals surface area contributed by atoms with Gasteiger partial charge in [0.25, 0.3) is 5.69 Å². The van der Waals surface area contributed by atoms with Gasteiger partial charge in [0.05, 0.1) is 4.92 Å². The van der Waals surface area contributed by atoms with Crippen LogP contribution in [0.15, 0.2) is 42.5 Å². The van der Waals surface area contributed by atoms with Crippen molar-refractivity contribution in [3.8, 4) is 0 Å². The number of aryl methyl sites for hydroxylation is 1. The van der Waals surface area contributed by atoms with Crippen LogP contribution in [0.3, 0.4) is 0 Å². The largest absolute Gasteiger partial charge is 0.332 e. The van der Waals surface area contributed by atoms with Gasteiger partial charge in [-0.3, -0.25) is 14.9 Å². The Morgan fingerprint density at radius 1 is 1.13 bits per heavy atom. The van der Waals surface area contributed by atoms with Crippen LogP contribution in [0.5, 0.6) is 0 Å². The van der Waals surface area contributed by atoms with Gasteiger partial charge in [0.15, 0.2) is 10.9 Å². The molecule has 7 heteroatoms. The lowest BCUT2D eigenvalue weighted by molar-refractivity contribution is -0.385. The van der Waals surface area contributed by atoms with E-state index in [2.05, 4.69) is 10.6 Å². The number of anilines is 2. The molecule has 0 aliphatic rings. The van der Waals surface area contributed by atoms with Crippen molar-refractivity contribution in [1.29, 1.82) is 0 Å². The smallest absolute Gasteiger partial charge is 0.274 e. The first-order valence-corrected chi connectivity index (χ1v) is 7.21. The molecule has 0 atom stereocenters. The monoisotopic (exact) mass is 329 g/mol. The third-order valence-corrected chi connectivity index (χ3v) is 3.39. The zero-order valence-electron chi connectivity index (χ0n) is 12.6. The lowest BCUT2D eigenvalue weighted by Crippen LogP contribution is -2.19. The average Bonchev–Trinajstić information content (AvgIpc) is 2.49. The van der Waals surface area contributed by atoms with E-state index < -0.39 is 4.92 Å². The van der Waals surface area contributed by atoms with Crippen LogP contribution in [-0.4, -0.2) is 15.8 Å². The van der Waals surface area contributed by atoms with Gasteiger partial charge in [0, 0.05) is 28.6 Å². The van der Waals surface area contributed by atoms with Crippen LogP contribution >= 0.6 is 12.2 Å². The van der Waals surface area contributed by atoms with Crippen LogP contribution in [0.1, 0.15) is 22.8 Å². The first kappa shape index (κ1) is 16.6. The van der Waals surface area contributed by atoms with Crippen molar-refractivity contribution in [1.82, 2.24) is 0 Å². The highest BCUT2D eigenvalue weighted by molar-refractivity contribution is 7.80. The number of nitrogens with one attached hydrogen (secondary N) is 2. The van der Waals surface area contributed by atoms with Crippen LogP contribution in [0.4, 0.5) is 17.1 Å². The number of ketones is 1. The first-order chi connectivity index (χ1) is 10.9. The Hall–Kier alpha value is -2.80. The van der Waals surface area contributed by atoms with Crippen LogP contribution in [0.25, 0.3) is 0 Å². The molecule has 6 nitrogen and oxygen atoms in total. The number of carbonyl (C=O) groups is 1. The second-order valence-electron chi connectivity index (χ2n) is 4.97. The van der Waals surface area contributed by atoms with Gasteiger partial charge in [-0.1, -0.05) is 18.2 Å². The topological polar surface area (TPSA) is 84.3 Å². The number of Topliss-reactive ketones (excluding diaryl/α,β-unsaturated/α-hetero) is 1. The molecule has 2 aromatic carbocycles. The fourth-order valence-corrected chi connectivity index (χ4v) is 2.23. The Morgan fingerprint density at radius 3 is 2.39 bits per heavy atom. The Bertz CT molecular complexity index is 790. The number of nitrogens with zero attached hydrogens (tertiary/aromatic N) is 1. The van der Waals surface area contributed by atoms with Crippen molar-refractivity contribution in [3.05, 3.63) is 63.7 Å². The summed E-state index contributed by atoms with van der Waals surface area (Å²) in [5.41, 5.74) is 2.35. The first-order valence-electron chi connectivity index (χ1n) is 6.81. The van der Waals surface area contributed by atoms with E-state index >= 15 is 0 Å². The van der Waals surface area contributed by atoms with E-state index in [4.69, 9.17) is 12.2 Å². The molecular weight excluding hydrogens is 314 g/mol. The molecule has 0 saturated heterocycles. The zero-order valence-corrected chi connectivity index (χ0v) is 13.4. The summed E-state index contributed by atoms with van der Waals surface area (Å²) in [7, 11) is 0. The van der Waals surface area contributed by atoms with Crippen LogP contribution in [-0.2, 0) is 0 Å². The molecule has 0 saturated carbocycles. The number of nitro benzene ring substituents is 1. The average molecular weight is 329 g/mol. The minimum atomic E-state index is -0.437. The summed E-state index contributed by atoms with van der Waals surface area (Å²) in [4.78, 5) is 21.9. The van der Waals surface area contributed by atoms with Crippen molar-refractivity contribution < 1.29 is 9.72 Å². The minimum absolute atomic E-state index is 0.0244. The molecule has 23 heavy (non-hydrogen) atoms. The van der Waals surface area contributed by atoms with E-state index in [0.29, 0.717) is 22.5 Å². The summed E-state index contributed by atoms with van der Waals surface area (Å²) in [6.45, 7) is 3.16. The summed E-state index contributed by atoms with van der Waals surface area (Å²) in [6, 6.07) is 11.7. The lowest BCUT2D eigenvalue weighted by atomic mass is 10.1. The summed E-state index contributed by atoms with van der Waals surface area (Å²) in [5.74, 6) is -0.0401. The van der Waals surface area contributed by atoms with Gasteiger partial charge >= 0.3 is 0 Å². The second kappa shape index (κ2) is 6.97. The third-order valence-electron chi connectivity index (χ3n) is 3.19. The van der Waals surface area contributed by atoms with Gasteiger partial charge in [-0.05, 0) is 44.3 Å². The Kier molecular flexibility index (Phi) is 5.02. The molecule has 0 bridgehead atoms. The van der Waals surface area contributed by atoms with Gasteiger partial charge in [0.1, 0.15) is 0 Å². The SMILES string of the molecule is CC(=O)c1cccc(NC(=S)Nc2ccc(C)c([N+](=O)[O-])c2)c1. The molecule has 0 aromatic heterocycles. The minimum Gasteiger partial charge on any atom is -0.332 e. The third kappa shape index (κ3) is 4.33. The molecule has 2 aromatic rings. The van der Waals surface area contributed by atoms with Crippen LogP contribution in [0, 0.1) is 17.0 Å². The van der Waals surface area contributed by atoms with Gasteiger partial charge in [-0.25, -0.2) is 0 Å². The number of hydrogen-bond donors (Lipinski definition) is 2. The van der Waals surface area contributed by atoms with Crippen molar-refractivity contribution in [2.24, 2.45) is 0 Å². The standard InChI is InChI=1S/C16H15N3O3S/c1-10-6-7-14(9-15(10)19(21)22)18-16(23)17-13-5-3-4-12(8-13)11(2)20/h3-9H,1-2H3,(H2,17,18,23). The molecule has 0 fully saturated rings. The summed E-state index contributed by atoms with van der Waals surface area (Å²) in [6.07, 6.45) is 0. The molecule has 2 N–H and O–H groups in total. The predicted octanol–water partition coefficient (Wildman–Crippen LogP) is 3.91. The molecule has 0 amide bonds.